The van der Waals surface area contributed by atoms with Crippen LogP contribution in [0.1, 0.15) is 5.82 Å². The van der Waals surface area contributed by atoms with Crippen molar-refractivity contribution in [3.05, 3.63) is 28.0 Å². The zero-order chi connectivity index (χ0) is 12.6. The van der Waals surface area contributed by atoms with Crippen molar-refractivity contribution in [2.75, 3.05) is 0 Å². The average molecular weight is 272 g/mol. The minimum Gasteiger partial charge on any atom is -0.477 e. The molecule has 1 heterocycles. The minimum absolute atomic E-state index is 0.0854. The summed E-state index contributed by atoms with van der Waals surface area (Å²) in [6, 6.07) is 3.20. The Morgan fingerprint density at radius 3 is 2.82 bits per heavy atom. The fraction of sp³-hybridized carbons (Fsp3) is 0.100. The predicted molar refractivity (Wildman–Crippen MR) is 65.2 cm³/mol. The van der Waals surface area contributed by atoms with E-state index in [4.69, 9.17) is 33.7 Å². The number of hydrogen-bond donors (Lipinski definition) is 3. The number of benzene rings is 1. The van der Waals surface area contributed by atoms with Crippen LogP contribution in [0.15, 0.2) is 12.1 Å². The van der Waals surface area contributed by atoms with Crippen molar-refractivity contribution >= 4 is 45.9 Å². The van der Waals surface area contributed by atoms with Crippen LogP contribution >= 0.6 is 23.2 Å². The van der Waals surface area contributed by atoms with E-state index in [1.807, 2.05) is 0 Å². The SMILES string of the molecule is N=C(Cc1nc2c(Cl)cc(Cl)cc2[nH]1)C(=O)O. The van der Waals surface area contributed by atoms with E-state index in [0.29, 0.717) is 26.9 Å². The summed E-state index contributed by atoms with van der Waals surface area (Å²) in [4.78, 5) is 17.5. The molecule has 0 amide bonds. The number of nitrogens with zero attached hydrogens (tertiary/aromatic N) is 1. The number of rotatable bonds is 3. The molecule has 5 nitrogen and oxygen atoms in total. The molecule has 0 bridgehead atoms. The van der Waals surface area contributed by atoms with Crippen molar-refractivity contribution in [1.29, 1.82) is 5.41 Å². The third kappa shape index (κ3) is 2.40. The molecule has 7 heteroatoms. The van der Waals surface area contributed by atoms with Gasteiger partial charge in [0.15, 0.2) is 0 Å². The van der Waals surface area contributed by atoms with Gasteiger partial charge in [0.25, 0.3) is 0 Å². The third-order valence-corrected chi connectivity index (χ3v) is 2.66. The molecule has 0 saturated heterocycles. The lowest BCUT2D eigenvalue weighted by atomic mass is 10.2. The van der Waals surface area contributed by atoms with Crippen molar-refractivity contribution in [3.8, 4) is 0 Å². The van der Waals surface area contributed by atoms with Gasteiger partial charge in [-0.3, -0.25) is 5.41 Å². The van der Waals surface area contributed by atoms with Crippen molar-refractivity contribution in [2.45, 2.75) is 6.42 Å². The maximum Gasteiger partial charge on any atom is 0.349 e. The van der Waals surface area contributed by atoms with Gasteiger partial charge in [-0.25, -0.2) is 9.78 Å². The number of aromatic nitrogens is 2. The summed E-state index contributed by atoms with van der Waals surface area (Å²) in [5.41, 5.74) is 0.700. The number of halogens is 2. The summed E-state index contributed by atoms with van der Waals surface area (Å²) in [5, 5.41) is 16.7. The monoisotopic (exact) mass is 271 g/mol. The van der Waals surface area contributed by atoms with Gasteiger partial charge in [-0.05, 0) is 12.1 Å². The molecule has 0 fully saturated rings. The maximum atomic E-state index is 10.5. The summed E-state index contributed by atoms with van der Waals surface area (Å²) in [5.74, 6) is -0.897. The lowest BCUT2D eigenvalue weighted by Crippen LogP contribution is -2.14. The smallest absolute Gasteiger partial charge is 0.349 e. The lowest BCUT2D eigenvalue weighted by Gasteiger charge is -1.93. The fourth-order valence-electron chi connectivity index (χ4n) is 1.42. The number of aliphatic carboxylic acids is 1. The molecule has 0 radical (unpaired) electrons. The lowest BCUT2D eigenvalue weighted by molar-refractivity contribution is -0.129. The van der Waals surface area contributed by atoms with Crippen LogP contribution in [0.2, 0.25) is 10.0 Å². The fourth-order valence-corrected chi connectivity index (χ4v) is 1.96. The predicted octanol–water partition coefficient (Wildman–Crippen LogP) is 2.52. The largest absolute Gasteiger partial charge is 0.477 e. The second-order valence-electron chi connectivity index (χ2n) is 3.43. The Hall–Kier alpha value is -1.59. The first-order valence-corrected chi connectivity index (χ1v) is 5.37. The molecule has 0 aliphatic heterocycles. The Kier molecular flexibility index (Phi) is 3.04. The molecule has 0 spiro atoms. The molecule has 3 N–H and O–H groups in total. The van der Waals surface area contributed by atoms with Crippen molar-refractivity contribution < 1.29 is 9.90 Å². The van der Waals surface area contributed by atoms with Crippen molar-refractivity contribution in [3.63, 3.8) is 0 Å². The van der Waals surface area contributed by atoms with Crippen LogP contribution in [0.5, 0.6) is 0 Å². The molecular formula is C10H7Cl2N3O2. The molecule has 1 aromatic carbocycles. The van der Waals surface area contributed by atoms with Gasteiger partial charge in [0.05, 0.1) is 17.0 Å². The molecular weight excluding hydrogens is 265 g/mol. The standard InChI is InChI=1S/C10H7Cl2N3O2/c11-4-1-5(12)9-7(2-4)14-8(15-9)3-6(13)10(16)17/h1-2,13H,3H2,(H,14,15)(H,16,17). The molecule has 0 unspecified atom stereocenters. The molecule has 0 atom stereocenters. The third-order valence-electron chi connectivity index (χ3n) is 2.16. The van der Waals surface area contributed by atoms with Crippen LogP contribution < -0.4 is 0 Å². The molecule has 2 aromatic rings. The van der Waals surface area contributed by atoms with Crippen LogP contribution in [0, 0.1) is 5.41 Å². The summed E-state index contributed by atoms with van der Waals surface area (Å²) in [6.07, 6.45) is -0.0854. The number of hydrogen-bond acceptors (Lipinski definition) is 3. The summed E-state index contributed by atoms with van der Waals surface area (Å²) >= 11 is 11.8. The number of nitrogens with one attached hydrogen (secondary N) is 2. The molecule has 0 saturated carbocycles. The van der Waals surface area contributed by atoms with Crippen molar-refractivity contribution in [2.24, 2.45) is 0 Å². The van der Waals surface area contributed by atoms with Gasteiger partial charge in [-0.15, -0.1) is 0 Å². The highest BCUT2D eigenvalue weighted by molar-refractivity contribution is 6.38. The molecule has 0 aliphatic rings. The van der Waals surface area contributed by atoms with Crippen LogP contribution in [-0.2, 0) is 11.2 Å². The highest BCUT2D eigenvalue weighted by Crippen LogP contribution is 2.26. The molecule has 1 aromatic heterocycles. The van der Waals surface area contributed by atoms with Gasteiger partial charge < -0.3 is 10.1 Å². The Morgan fingerprint density at radius 2 is 2.18 bits per heavy atom. The zero-order valence-electron chi connectivity index (χ0n) is 8.42. The van der Waals surface area contributed by atoms with Crippen LogP contribution in [-0.4, -0.2) is 26.8 Å². The Labute approximate surface area is 106 Å². The normalized spacial score (nSPS) is 10.7. The van der Waals surface area contributed by atoms with E-state index in [-0.39, 0.29) is 6.42 Å². The zero-order valence-corrected chi connectivity index (χ0v) is 9.93. The molecule has 0 aliphatic carbocycles. The van der Waals surface area contributed by atoms with E-state index in [0.717, 1.165) is 0 Å². The number of aromatic amines is 1. The quantitative estimate of drug-likeness (QED) is 0.750. The number of H-pyrrole nitrogens is 1. The van der Waals surface area contributed by atoms with Crippen LogP contribution in [0.3, 0.4) is 0 Å². The second kappa shape index (κ2) is 4.35. The maximum absolute atomic E-state index is 10.5. The van der Waals surface area contributed by atoms with Gasteiger partial charge in [0.2, 0.25) is 0 Å². The Bertz CT molecular complexity index is 621. The highest BCUT2D eigenvalue weighted by Gasteiger charge is 2.12. The first-order valence-electron chi connectivity index (χ1n) is 4.61. The van der Waals surface area contributed by atoms with Gasteiger partial charge in [0.1, 0.15) is 17.1 Å². The second-order valence-corrected chi connectivity index (χ2v) is 4.27. The van der Waals surface area contributed by atoms with E-state index in [1.165, 1.54) is 0 Å². The van der Waals surface area contributed by atoms with Crippen molar-refractivity contribution in [1.82, 2.24) is 9.97 Å². The topological polar surface area (TPSA) is 89.8 Å². The number of fused-ring (bicyclic) bond motifs is 1. The van der Waals surface area contributed by atoms with Gasteiger partial charge in [-0.2, -0.15) is 0 Å². The van der Waals surface area contributed by atoms with Crippen LogP contribution in [0.4, 0.5) is 0 Å². The van der Waals surface area contributed by atoms with Gasteiger partial charge >= 0.3 is 5.97 Å². The van der Waals surface area contributed by atoms with Crippen LogP contribution in [0.25, 0.3) is 11.0 Å². The highest BCUT2D eigenvalue weighted by atomic mass is 35.5. The summed E-state index contributed by atoms with van der Waals surface area (Å²) in [6.45, 7) is 0. The number of carbonyl (C=O) groups is 1. The Morgan fingerprint density at radius 1 is 1.47 bits per heavy atom. The number of imidazole rings is 1. The first-order chi connectivity index (χ1) is 7.97. The number of carboxylic acid groups (broad SMARTS) is 1. The van der Waals surface area contributed by atoms with E-state index < -0.39 is 11.7 Å². The average Bonchev–Trinajstić information content (AvgIpc) is 2.60. The molecule has 17 heavy (non-hydrogen) atoms. The molecule has 2 rings (SSSR count). The Balaban J connectivity index is 2.41. The van der Waals surface area contributed by atoms with Gasteiger partial charge in [-0.1, -0.05) is 23.2 Å². The van der Waals surface area contributed by atoms with Gasteiger partial charge in [0, 0.05) is 5.02 Å². The summed E-state index contributed by atoms with van der Waals surface area (Å²) < 4.78 is 0. The number of carboxylic acids is 1. The van der Waals surface area contributed by atoms with E-state index in [2.05, 4.69) is 9.97 Å². The van der Waals surface area contributed by atoms with E-state index in [1.54, 1.807) is 12.1 Å². The van der Waals surface area contributed by atoms with E-state index in [9.17, 15) is 4.79 Å². The van der Waals surface area contributed by atoms with E-state index >= 15 is 0 Å². The minimum atomic E-state index is -1.27. The molecule has 88 valence electrons. The summed E-state index contributed by atoms with van der Waals surface area (Å²) in [7, 11) is 0. The first kappa shape index (κ1) is 11.9.